The summed E-state index contributed by atoms with van der Waals surface area (Å²) in [5.41, 5.74) is 0. The summed E-state index contributed by atoms with van der Waals surface area (Å²) in [5.74, 6) is 0. The van der Waals surface area contributed by atoms with E-state index < -0.39 is 0 Å². The molecule has 2 rings (SSSR count). The molecule has 2 fully saturated rings. The maximum atomic E-state index is 3.74. The van der Waals surface area contributed by atoms with Gasteiger partial charge in [-0.25, -0.2) is 0 Å². The summed E-state index contributed by atoms with van der Waals surface area (Å²) in [6, 6.07) is 2.29. The van der Waals surface area contributed by atoms with E-state index in [1.807, 2.05) is 0 Å². The summed E-state index contributed by atoms with van der Waals surface area (Å²) in [5, 5.41) is 3.74. The molecule has 1 saturated heterocycles. The Hall–Kier alpha value is -0.120. The molecule has 0 aromatic rings. The lowest BCUT2D eigenvalue weighted by atomic mass is 10.1. The minimum absolute atomic E-state index is 0.704. The Morgan fingerprint density at radius 1 is 1.28 bits per heavy atom. The van der Waals surface area contributed by atoms with Gasteiger partial charge in [0.2, 0.25) is 0 Å². The van der Waals surface area contributed by atoms with Crippen LogP contribution in [-0.4, -0.2) is 61.2 Å². The van der Waals surface area contributed by atoms with Crippen LogP contribution < -0.4 is 5.32 Å². The highest BCUT2D eigenvalue weighted by Crippen LogP contribution is 2.20. The van der Waals surface area contributed by atoms with Crippen LogP contribution >= 0.6 is 0 Å². The van der Waals surface area contributed by atoms with Crippen molar-refractivity contribution < 1.29 is 0 Å². The second kappa shape index (κ2) is 6.88. The van der Waals surface area contributed by atoms with E-state index in [9.17, 15) is 0 Å². The van der Waals surface area contributed by atoms with Crippen molar-refractivity contribution in [1.29, 1.82) is 0 Å². The molecule has 3 heteroatoms. The first-order valence-corrected chi connectivity index (χ1v) is 7.88. The maximum Gasteiger partial charge on any atom is 0.0224 e. The zero-order valence-electron chi connectivity index (χ0n) is 12.5. The van der Waals surface area contributed by atoms with E-state index in [1.54, 1.807) is 0 Å². The van der Waals surface area contributed by atoms with E-state index in [1.165, 1.54) is 58.3 Å². The largest absolute Gasteiger partial charge is 0.312 e. The lowest BCUT2D eigenvalue weighted by molar-refractivity contribution is 0.132. The van der Waals surface area contributed by atoms with Gasteiger partial charge < -0.3 is 10.2 Å². The van der Waals surface area contributed by atoms with Crippen molar-refractivity contribution in [2.75, 3.05) is 33.2 Å². The Balaban J connectivity index is 1.88. The van der Waals surface area contributed by atoms with E-state index in [2.05, 4.69) is 36.0 Å². The molecule has 2 aliphatic rings. The van der Waals surface area contributed by atoms with Crippen LogP contribution in [0.25, 0.3) is 0 Å². The minimum Gasteiger partial charge on any atom is -0.312 e. The zero-order valence-corrected chi connectivity index (χ0v) is 12.5. The summed E-state index contributed by atoms with van der Waals surface area (Å²) in [4.78, 5) is 5.25. The molecular formula is C15H31N3. The van der Waals surface area contributed by atoms with Crippen molar-refractivity contribution in [1.82, 2.24) is 15.1 Å². The first-order chi connectivity index (χ1) is 8.70. The number of likely N-dealkylation sites (N-methyl/N-ethyl adjacent to an activating group) is 1. The van der Waals surface area contributed by atoms with Gasteiger partial charge >= 0.3 is 0 Å². The van der Waals surface area contributed by atoms with Crippen LogP contribution in [0, 0.1) is 0 Å². The second-order valence-electron chi connectivity index (χ2n) is 6.33. The molecular weight excluding hydrogens is 222 g/mol. The van der Waals surface area contributed by atoms with Gasteiger partial charge in [-0.3, -0.25) is 4.90 Å². The fraction of sp³-hybridized carbons (Fsp3) is 1.00. The molecule has 1 N–H and O–H groups in total. The molecule has 1 heterocycles. The van der Waals surface area contributed by atoms with E-state index in [4.69, 9.17) is 0 Å². The number of hydrogen-bond acceptors (Lipinski definition) is 3. The third-order valence-corrected chi connectivity index (χ3v) is 4.41. The van der Waals surface area contributed by atoms with E-state index in [-0.39, 0.29) is 0 Å². The highest BCUT2D eigenvalue weighted by atomic mass is 15.3. The second-order valence-corrected chi connectivity index (χ2v) is 6.33. The predicted molar refractivity (Wildman–Crippen MR) is 78.0 cm³/mol. The van der Waals surface area contributed by atoms with E-state index in [0.29, 0.717) is 6.04 Å². The molecule has 0 aromatic heterocycles. The topological polar surface area (TPSA) is 18.5 Å². The highest BCUT2D eigenvalue weighted by molar-refractivity contribution is 4.87. The van der Waals surface area contributed by atoms with Crippen molar-refractivity contribution in [3.05, 3.63) is 0 Å². The van der Waals surface area contributed by atoms with Gasteiger partial charge in [0.25, 0.3) is 0 Å². The van der Waals surface area contributed by atoms with Crippen LogP contribution in [0.1, 0.15) is 46.0 Å². The molecule has 1 aliphatic heterocycles. The SMILES string of the molecule is CCCC(CNC1CC1)N1CCCN(C)CC1C. The maximum absolute atomic E-state index is 3.74. The van der Waals surface area contributed by atoms with Crippen LogP contribution in [0.4, 0.5) is 0 Å². The standard InChI is InChI=1S/C15H31N3/c1-4-6-15(11-16-14-7-8-14)18-10-5-9-17(3)12-13(18)2/h13-16H,4-12H2,1-3H3. The number of hydrogen-bond donors (Lipinski definition) is 1. The van der Waals surface area contributed by atoms with Gasteiger partial charge in [0.05, 0.1) is 0 Å². The molecule has 0 radical (unpaired) electrons. The van der Waals surface area contributed by atoms with E-state index >= 15 is 0 Å². The smallest absolute Gasteiger partial charge is 0.0224 e. The number of rotatable bonds is 6. The molecule has 1 saturated carbocycles. The minimum atomic E-state index is 0.704. The molecule has 3 nitrogen and oxygen atoms in total. The number of nitrogens with zero attached hydrogens (tertiary/aromatic N) is 2. The van der Waals surface area contributed by atoms with Gasteiger partial charge in [0, 0.05) is 37.8 Å². The van der Waals surface area contributed by atoms with Crippen molar-refractivity contribution in [3.63, 3.8) is 0 Å². The van der Waals surface area contributed by atoms with Crippen LogP contribution in [0.5, 0.6) is 0 Å². The average molecular weight is 253 g/mol. The lowest BCUT2D eigenvalue weighted by Crippen LogP contribution is -2.49. The molecule has 106 valence electrons. The highest BCUT2D eigenvalue weighted by Gasteiger charge is 2.28. The van der Waals surface area contributed by atoms with Crippen molar-refractivity contribution >= 4 is 0 Å². The average Bonchev–Trinajstić information content (AvgIpc) is 3.14. The first kappa shape index (κ1) is 14.3. The van der Waals surface area contributed by atoms with Gasteiger partial charge in [0.15, 0.2) is 0 Å². The van der Waals surface area contributed by atoms with E-state index in [0.717, 1.165) is 12.1 Å². The van der Waals surface area contributed by atoms with Gasteiger partial charge in [-0.1, -0.05) is 13.3 Å². The zero-order chi connectivity index (χ0) is 13.0. The third-order valence-electron chi connectivity index (χ3n) is 4.41. The van der Waals surface area contributed by atoms with Crippen LogP contribution in [-0.2, 0) is 0 Å². The van der Waals surface area contributed by atoms with Crippen molar-refractivity contribution in [2.45, 2.75) is 64.1 Å². The summed E-state index contributed by atoms with van der Waals surface area (Å²) < 4.78 is 0. The van der Waals surface area contributed by atoms with Gasteiger partial charge in [-0.15, -0.1) is 0 Å². The molecule has 0 bridgehead atoms. The molecule has 0 amide bonds. The normalized spacial score (nSPS) is 29.2. The summed E-state index contributed by atoms with van der Waals surface area (Å²) in [6.07, 6.45) is 6.77. The quantitative estimate of drug-likeness (QED) is 0.780. The summed E-state index contributed by atoms with van der Waals surface area (Å²) >= 11 is 0. The van der Waals surface area contributed by atoms with Crippen molar-refractivity contribution in [3.8, 4) is 0 Å². The Kier molecular flexibility index (Phi) is 5.46. The van der Waals surface area contributed by atoms with Gasteiger partial charge in [-0.05, 0) is 46.2 Å². The fourth-order valence-corrected chi connectivity index (χ4v) is 3.24. The summed E-state index contributed by atoms with van der Waals surface area (Å²) in [7, 11) is 2.26. The molecule has 2 atom stereocenters. The monoisotopic (exact) mass is 253 g/mol. The molecule has 2 unspecified atom stereocenters. The Labute approximate surface area is 113 Å². The molecule has 0 spiro atoms. The molecule has 1 aliphatic carbocycles. The fourth-order valence-electron chi connectivity index (χ4n) is 3.24. The van der Waals surface area contributed by atoms with Crippen LogP contribution in [0.2, 0.25) is 0 Å². The van der Waals surface area contributed by atoms with Gasteiger partial charge in [-0.2, -0.15) is 0 Å². The van der Waals surface area contributed by atoms with Gasteiger partial charge in [0.1, 0.15) is 0 Å². The third kappa shape index (κ3) is 4.22. The lowest BCUT2D eigenvalue weighted by Gasteiger charge is -2.36. The Morgan fingerprint density at radius 3 is 2.72 bits per heavy atom. The van der Waals surface area contributed by atoms with Crippen LogP contribution in [0.3, 0.4) is 0 Å². The summed E-state index contributed by atoms with van der Waals surface area (Å²) in [6.45, 7) is 9.69. The predicted octanol–water partition coefficient (Wildman–Crippen LogP) is 1.93. The molecule has 0 aromatic carbocycles. The Bertz CT molecular complexity index is 240. The van der Waals surface area contributed by atoms with Crippen LogP contribution in [0.15, 0.2) is 0 Å². The first-order valence-electron chi connectivity index (χ1n) is 7.88. The number of nitrogens with one attached hydrogen (secondary N) is 1. The van der Waals surface area contributed by atoms with Crippen molar-refractivity contribution in [2.24, 2.45) is 0 Å². The molecule has 18 heavy (non-hydrogen) atoms. The Morgan fingerprint density at radius 2 is 2.06 bits per heavy atom.